The van der Waals surface area contributed by atoms with Crippen LogP contribution in [-0.2, 0) is 34.7 Å². The second-order valence-electron chi connectivity index (χ2n) is 10.1. The number of likely N-dealkylation sites (tertiary alicyclic amines) is 1. The predicted molar refractivity (Wildman–Crippen MR) is 140 cm³/mol. The highest BCUT2D eigenvalue weighted by Gasteiger charge is 2.42. The van der Waals surface area contributed by atoms with E-state index < -0.39 is 45.9 Å². The summed E-state index contributed by atoms with van der Waals surface area (Å²) in [5.41, 5.74) is 0.794. The first-order valence-electron chi connectivity index (χ1n) is 12.3. The lowest BCUT2D eigenvalue weighted by Crippen LogP contribution is -2.45. The van der Waals surface area contributed by atoms with Crippen molar-refractivity contribution in [3.8, 4) is 0 Å². The van der Waals surface area contributed by atoms with Gasteiger partial charge in [0.1, 0.15) is 13.2 Å². The van der Waals surface area contributed by atoms with E-state index in [-0.39, 0.29) is 32.3 Å². The lowest BCUT2D eigenvalue weighted by atomic mass is 10.2. The van der Waals surface area contributed by atoms with Crippen LogP contribution in [0.3, 0.4) is 0 Å². The lowest BCUT2D eigenvalue weighted by molar-refractivity contribution is -0.142. The van der Waals surface area contributed by atoms with E-state index in [1.54, 1.807) is 0 Å². The van der Waals surface area contributed by atoms with Gasteiger partial charge in [0.05, 0.1) is 25.2 Å². The molecule has 13 heteroatoms. The highest BCUT2D eigenvalue weighted by Crippen LogP contribution is 2.44. The van der Waals surface area contributed by atoms with Crippen LogP contribution in [0, 0.1) is 0 Å². The van der Waals surface area contributed by atoms with Gasteiger partial charge >= 0.3 is 25.8 Å². The van der Waals surface area contributed by atoms with Gasteiger partial charge in [-0.05, 0) is 24.4 Å². The molecule has 0 bridgehead atoms. The van der Waals surface area contributed by atoms with Gasteiger partial charge < -0.3 is 28.9 Å². The maximum absolute atomic E-state index is 12.9. The predicted octanol–water partition coefficient (Wildman–Crippen LogP) is 3.99. The second-order valence-corrected chi connectivity index (χ2v) is 17.8. The molecule has 0 aromatic heterocycles. The number of benzene rings is 1. The quantitative estimate of drug-likeness (QED) is 0.159. The molecule has 2 N–H and O–H groups in total. The molecule has 1 aromatic rings. The molecule has 11 nitrogen and oxygen atoms in total. The van der Waals surface area contributed by atoms with E-state index in [1.807, 2.05) is 30.3 Å². The molecule has 1 saturated heterocycles. The molecule has 37 heavy (non-hydrogen) atoms. The number of hydrogen-bond donors (Lipinski definition) is 2. The van der Waals surface area contributed by atoms with Crippen molar-refractivity contribution in [2.45, 2.75) is 63.6 Å². The van der Waals surface area contributed by atoms with Gasteiger partial charge in [-0.2, -0.15) is 0 Å². The van der Waals surface area contributed by atoms with Crippen LogP contribution in [0.15, 0.2) is 30.3 Å². The molecule has 0 radical (unpaired) electrons. The summed E-state index contributed by atoms with van der Waals surface area (Å²) >= 11 is 0. The van der Waals surface area contributed by atoms with Gasteiger partial charge in [-0.25, -0.2) is 9.59 Å². The monoisotopic (exact) mass is 558 g/mol. The third-order valence-corrected chi connectivity index (χ3v) is 9.04. The maximum Gasteiger partial charge on any atom is 0.410 e. The van der Waals surface area contributed by atoms with E-state index in [0.29, 0.717) is 19.4 Å². The minimum Gasteiger partial charge on any atom is -0.466 e. The molecule has 1 aliphatic rings. The van der Waals surface area contributed by atoms with Crippen LogP contribution in [0.25, 0.3) is 0 Å². The van der Waals surface area contributed by atoms with Crippen molar-refractivity contribution in [3.05, 3.63) is 35.9 Å². The number of ether oxygens (including phenoxy) is 3. The number of carbonyl (C=O) groups is 3. The second kappa shape index (κ2) is 14.5. The summed E-state index contributed by atoms with van der Waals surface area (Å²) in [6.45, 7) is 6.90. The van der Waals surface area contributed by atoms with Crippen molar-refractivity contribution in [1.29, 1.82) is 0 Å². The summed E-state index contributed by atoms with van der Waals surface area (Å²) in [6.07, 6.45) is -0.767. The minimum absolute atomic E-state index is 0.0209. The van der Waals surface area contributed by atoms with E-state index >= 15 is 0 Å². The third kappa shape index (κ3) is 11.7. The van der Waals surface area contributed by atoms with Crippen LogP contribution in [0.4, 0.5) is 9.59 Å². The van der Waals surface area contributed by atoms with Crippen molar-refractivity contribution in [1.82, 2.24) is 10.2 Å². The fourth-order valence-corrected chi connectivity index (χ4v) is 5.52. The van der Waals surface area contributed by atoms with Crippen molar-refractivity contribution in [2.75, 3.05) is 33.0 Å². The average molecular weight is 559 g/mol. The fourth-order valence-electron chi connectivity index (χ4n) is 3.77. The third-order valence-electron chi connectivity index (χ3n) is 5.88. The van der Waals surface area contributed by atoms with E-state index in [1.165, 1.54) is 4.90 Å². The van der Waals surface area contributed by atoms with Crippen molar-refractivity contribution >= 4 is 33.8 Å². The smallest absolute Gasteiger partial charge is 0.410 e. The van der Waals surface area contributed by atoms with Gasteiger partial charge in [0.25, 0.3) is 0 Å². The number of amides is 2. The zero-order chi connectivity index (χ0) is 27.5. The Morgan fingerprint density at radius 2 is 1.76 bits per heavy atom. The molecular weight excluding hydrogens is 519 g/mol. The topological polar surface area (TPSA) is 141 Å². The van der Waals surface area contributed by atoms with E-state index in [2.05, 4.69) is 25.0 Å². The molecule has 208 valence electrons. The summed E-state index contributed by atoms with van der Waals surface area (Å²) in [7, 11) is -4.05. The molecule has 0 aliphatic carbocycles. The van der Waals surface area contributed by atoms with Gasteiger partial charge in [0, 0.05) is 27.8 Å². The molecule has 0 spiro atoms. The molecule has 1 aromatic carbocycles. The van der Waals surface area contributed by atoms with Gasteiger partial charge in [-0.3, -0.25) is 14.3 Å². The number of hydrogen-bond acceptors (Lipinski definition) is 8. The first-order chi connectivity index (χ1) is 17.4. The highest BCUT2D eigenvalue weighted by molar-refractivity contribution is 7.52. The van der Waals surface area contributed by atoms with E-state index in [9.17, 15) is 23.8 Å². The number of nitrogens with one attached hydrogen (secondary N) is 1. The Morgan fingerprint density at radius 1 is 1.08 bits per heavy atom. The molecule has 2 rings (SSSR count). The van der Waals surface area contributed by atoms with Crippen LogP contribution < -0.4 is 5.32 Å². The summed E-state index contributed by atoms with van der Waals surface area (Å²) in [5, 5.41) is 2.50. The zero-order valence-electron chi connectivity index (χ0n) is 22.0. The van der Waals surface area contributed by atoms with Crippen LogP contribution in [0.5, 0.6) is 0 Å². The Hall–Kier alpha value is -2.40. The Bertz CT molecular complexity index is 942. The van der Waals surface area contributed by atoms with Crippen LogP contribution in [0.1, 0.15) is 24.8 Å². The fraction of sp³-hybridized carbons (Fsp3) is 0.625. The molecule has 1 aliphatic heterocycles. The molecule has 1 fully saturated rings. The van der Waals surface area contributed by atoms with Crippen molar-refractivity contribution in [3.63, 3.8) is 0 Å². The average Bonchev–Trinajstić information content (AvgIpc) is 3.22. The highest BCUT2D eigenvalue weighted by atomic mass is 31.2. The Labute approximate surface area is 219 Å². The molecular formula is C24H39N2O9PSi. The lowest BCUT2D eigenvalue weighted by Gasteiger charge is -2.30. The van der Waals surface area contributed by atoms with Gasteiger partial charge in [0.2, 0.25) is 0 Å². The SMILES string of the molecule is COP(=O)(O)C[C@H]1CC[C@@H](COC(=O)NCCC(=O)OCC[Si](C)(C)C)N1C(=O)OCc1ccccc1. The van der Waals surface area contributed by atoms with Crippen LogP contribution in [0.2, 0.25) is 25.7 Å². The summed E-state index contributed by atoms with van der Waals surface area (Å²) in [4.78, 5) is 48.2. The van der Waals surface area contributed by atoms with Crippen LogP contribution >= 0.6 is 7.60 Å². The summed E-state index contributed by atoms with van der Waals surface area (Å²) < 4.78 is 32.8. The normalized spacial score (nSPS) is 19.1. The van der Waals surface area contributed by atoms with E-state index in [4.69, 9.17) is 18.7 Å². The Morgan fingerprint density at radius 3 is 2.41 bits per heavy atom. The Balaban J connectivity index is 1.85. The Kier molecular flexibility index (Phi) is 12.1. The number of esters is 1. The van der Waals surface area contributed by atoms with Crippen molar-refractivity contribution < 1.29 is 42.6 Å². The van der Waals surface area contributed by atoms with Gasteiger partial charge in [-0.15, -0.1) is 0 Å². The zero-order valence-corrected chi connectivity index (χ0v) is 23.9. The largest absolute Gasteiger partial charge is 0.466 e. The molecule has 2 amide bonds. The number of alkyl carbamates (subject to hydrolysis) is 1. The van der Waals surface area contributed by atoms with Gasteiger partial charge in [-0.1, -0.05) is 50.0 Å². The standard InChI is InChI=1S/C24H39N2O9PSi/c1-32-36(30,31)18-21-11-10-20(26(21)24(29)35-16-19-8-6-5-7-9-19)17-34-23(28)25-13-12-22(27)33-14-15-37(2,3)4/h5-9,20-21H,10-18H2,1-4H3,(H,25,28)(H,30,31)/t20-,21+/m0/s1. The van der Waals surface area contributed by atoms with Crippen molar-refractivity contribution in [2.24, 2.45) is 0 Å². The van der Waals surface area contributed by atoms with Crippen LogP contribution in [-0.4, -0.2) is 81.1 Å². The summed E-state index contributed by atoms with van der Waals surface area (Å²) in [5.74, 6) is -0.393. The number of carbonyl (C=O) groups excluding carboxylic acids is 3. The minimum atomic E-state index is -3.89. The van der Waals surface area contributed by atoms with Gasteiger partial charge in [0.15, 0.2) is 0 Å². The molecule has 1 heterocycles. The molecule has 3 atom stereocenters. The first-order valence-corrected chi connectivity index (χ1v) is 17.8. The van der Waals surface area contributed by atoms with E-state index in [0.717, 1.165) is 18.7 Å². The number of nitrogens with zero attached hydrogens (tertiary/aromatic N) is 1. The molecule has 0 saturated carbocycles. The molecule has 1 unspecified atom stereocenters. The number of rotatable bonds is 13. The maximum atomic E-state index is 12.9. The first kappa shape index (κ1) is 30.8. The summed E-state index contributed by atoms with van der Waals surface area (Å²) in [6, 6.07) is 8.85.